The van der Waals surface area contributed by atoms with Crippen LogP contribution >= 0.6 is 23.2 Å². The monoisotopic (exact) mass is 491 g/mol. The summed E-state index contributed by atoms with van der Waals surface area (Å²) in [6.45, 7) is 6.43. The van der Waals surface area contributed by atoms with E-state index in [1.54, 1.807) is 18.2 Å². The van der Waals surface area contributed by atoms with Crippen molar-refractivity contribution in [3.8, 4) is 6.07 Å². The fourth-order valence-corrected chi connectivity index (χ4v) is 4.46. The molecule has 0 unspecified atom stereocenters. The Bertz CT molecular complexity index is 1120. The molecule has 1 aliphatic heterocycles. The van der Waals surface area contributed by atoms with Gasteiger partial charge in [-0.15, -0.1) is 0 Å². The lowest BCUT2D eigenvalue weighted by molar-refractivity contribution is -0.125. The third-order valence-electron chi connectivity index (χ3n) is 5.49. The van der Waals surface area contributed by atoms with E-state index in [2.05, 4.69) is 27.0 Å². The fourth-order valence-electron chi connectivity index (χ4n) is 3.91. The van der Waals surface area contributed by atoms with E-state index in [1.165, 1.54) is 0 Å². The molecule has 0 spiro atoms. The molecule has 3 rings (SSSR count). The van der Waals surface area contributed by atoms with Crippen molar-refractivity contribution in [2.75, 3.05) is 6.54 Å². The molecule has 1 aromatic heterocycles. The summed E-state index contributed by atoms with van der Waals surface area (Å²) in [5, 5.41) is 19.2. The van der Waals surface area contributed by atoms with Gasteiger partial charge in [0.25, 0.3) is 5.91 Å². The number of fused-ring (bicyclic) bond motifs is 1. The highest BCUT2D eigenvalue weighted by Gasteiger charge is 2.32. The predicted octanol–water partition coefficient (Wildman–Crippen LogP) is 3.54. The number of carbonyl (C=O) groups excluding carboxylic acids is 3. The van der Waals surface area contributed by atoms with Gasteiger partial charge in [-0.05, 0) is 42.9 Å². The number of carbonyl (C=O) groups is 3. The summed E-state index contributed by atoms with van der Waals surface area (Å²) in [5.41, 5.74) is 0.564. The predicted molar refractivity (Wildman–Crippen MR) is 127 cm³/mol. The third kappa shape index (κ3) is 6.40. The first-order valence-corrected chi connectivity index (χ1v) is 11.5. The van der Waals surface area contributed by atoms with Crippen LogP contribution in [0.15, 0.2) is 18.2 Å². The standard InChI is InChI=1S/C23H27Cl2N5O3/c1-23(2,3)10-19(22(33)28-14(11-26)6-12-4-5-27-20(12)31)30-21(32)18-9-15-16(25)7-13(24)8-17(15)29-18/h7-9,12,14,19,29H,4-6,10H2,1-3H3,(H,27,31)(H,28,33)(H,30,32)/t12-,14-,19-/m0/s1. The van der Waals surface area contributed by atoms with Crippen molar-refractivity contribution >= 4 is 51.8 Å². The Kier molecular flexibility index (Phi) is 7.55. The molecule has 0 aliphatic carbocycles. The minimum atomic E-state index is -0.878. The van der Waals surface area contributed by atoms with Crippen LogP contribution in [0.25, 0.3) is 10.9 Å². The maximum absolute atomic E-state index is 13.1. The van der Waals surface area contributed by atoms with Gasteiger partial charge in [0.2, 0.25) is 11.8 Å². The molecule has 10 heteroatoms. The van der Waals surface area contributed by atoms with E-state index in [4.69, 9.17) is 23.2 Å². The van der Waals surface area contributed by atoms with E-state index in [-0.39, 0.29) is 29.4 Å². The van der Waals surface area contributed by atoms with Crippen LogP contribution in [0.2, 0.25) is 10.0 Å². The van der Waals surface area contributed by atoms with Crippen molar-refractivity contribution < 1.29 is 14.4 Å². The number of benzene rings is 1. The SMILES string of the molecule is CC(C)(C)C[C@H](NC(=O)c1cc2c(Cl)cc(Cl)cc2[nH]1)C(=O)N[C@H](C#N)C[C@@H]1CCNC1=O. The number of nitriles is 1. The van der Waals surface area contributed by atoms with E-state index in [9.17, 15) is 19.6 Å². The summed E-state index contributed by atoms with van der Waals surface area (Å²) < 4.78 is 0. The molecule has 3 amide bonds. The molecule has 3 atom stereocenters. The summed E-state index contributed by atoms with van der Waals surface area (Å²) in [6, 6.07) is 5.19. The molecule has 1 aliphatic rings. The lowest BCUT2D eigenvalue weighted by Gasteiger charge is -2.27. The van der Waals surface area contributed by atoms with Gasteiger partial charge in [-0.1, -0.05) is 44.0 Å². The second-order valence-corrected chi connectivity index (χ2v) is 10.4. The van der Waals surface area contributed by atoms with E-state index >= 15 is 0 Å². The van der Waals surface area contributed by atoms with Crippen LogP contribution < -0.4 is 16.0 Å². The van der Waals surface area contributed by atoms with Crippen LogP contribution in [0.3, 0.4) is 0 Å². The maximum atomic E-state index is 13.1. The van der Waals surface area contributed by atoms with Crippen molar-refractivity contribution in [2.45, 2.75) is 52.1 Å². The summed E-state index contributed by atoms with van der Waals surface area (Å²) in [6.07, 6.45) is 1.20. The zero-order valence-electron chi connectivity index (χ0n) is 18.7. The Labute approximate surface area is 202 Å². The second-order valence-electron chi connectivity index (χ2n) is 9.53. The van der Waals surface area contributed by atoms with Crippen molar-refractivity contribution in [3.05, 3.63) is 33.9 Å². The Morgan fingerprint density at radius 2 is 1.97 bits per heavy atom. The van der Waals surface area contributed by atoms with Crippen molar-refractivity contribution in [1.29, 1.82) is 5.26 Å². The molecule has 1 aromatic carbocycles. The van der Waals surface area contributed by atoms with Gasteiger partial charge in [0.1, 0.15) is 17.8 Å². The molecule has 2 aromatic rings. The Hall–Kier alpha value is -2.76. The zero-order valence-corrected chi connectivity index (χ0v) is 20.2. The second kappa shape index (κ2) is 10.0. The van der Waals surface area contributed by atoms with Gasteiger partial charge in [-0.3, -0.25) is 14.4 Å². The average Bonchev–Trinajstić information content (AvgIpc) is 3.32. The number of nitrogens with one attached hydrogen (secondary N) is 4. The summed E-state index contributed by atoms with van der Waals surface area (Å²) >= 11 is 12.3. The molecule has 176 valence electrons. The molecular formula is C23H27Cl2N5O3. The topological polar surface area (TPSA) is 127 Å². The highest BCUT2D eigenvalue weighted by molar-refractivity contribution is 6.38. The highest BCUT2D eigenvalue weighted by atomic mass is 35.5. The van der Waals surface area contributed by atoms with Crippen molar-refractivity contribution in [2.24, 2.45) is 11.3 Å². The summed E-state index contributed by atoms with van der Waals surface area (Å²) in [7, 11) is 0. The van der Waals surface area contributed by atoms with Gasteiger partial charge in [-0.25, -0.2) is 0 Å². The molecule has 8 nitrogen and oxygen atoms in total. The highest BCUT2D eigenvalue weighted by Crippen LogP contribution is 2.28. The number of aromatic amines is 1. The number of aromatic nitrogens is 1. The molecule has 1 saturated heterocycles. The van der Waals surface area contributed by atoms with Crippen LogP contribution in [-0.4, -0.2) is 41.3 Å². The van der Waals surface area contributed by atoms with E-state index < -0.39 is 23.9 Å². The van der Waals surface area contributed by atoms with Gasteiger partial charge in [-0.2, -0.15) is 5.26 Å². The van der Waals surface area contributed by atoms with Crippen LogP contribution in [-0.2, 0) is 9.59 Å². The first kappa shape index (κ1) is 24.9. The average molecular weight is 492 g/mol. The lowest BCUT2D eigenvalue weighted by Crippen LogP contribution is -2.51. The number of nitrogens with zero attached hydrogens (tertiary/aromatic N) is 1. The summed E-state index contributed by atoms with van der Waals surface area (Å²) in [4.78, 5) is 40.9. The van der Waals surface area contributed by atoms with Gasteiger partial charge in [0, 0.05) is 28.4 Å². The summed E-state index contributed by atoms with van der Waals surface area (Å²) in [5.74, 6) is -1.37. The third-order valence-corrected chi connectivity index (χ3v) is 6.02. The lowest BCUT2D eigenvalue weighted by atomic mass is 9.87. The molecule has 4 N–H and O–H groups in total. The fraction of sp³-hybridized carbons (Fsp3) is 0.478. The maximum Gasteiger partial charge on any atom is 0.268 e. The smallest absolute Gasteiger partial charge is 0.268 e. The van der Waals surface area contributed by atoms with E-state index in [0.717, 1.165) is 0 Å². The molecule has 2 heterocycles. The zero-order chi connectivity index (χ0) is 24.3. The first-order valence-electron chi connectivity index (χ1n) is 10.7. The number of hydrogen-bond donors (Lipinski definition) is 4. The van der Waals surface area contributed by atoms with E-state index in [1.807, 2.05) is 20.8 Å². The van der Waals surface area contributed by atoms with Crippen LogP contribution in [0.5, 0.6) is 0 Å². The molecule has 33 heavy (non-hydrogen) atoms. The Balaban J connectivity index is 1.75. The van der Waals surface area contributed by atoms with Gasteiger partial charge < -0.3 is 20.9 Å². The largest absolute Gasteiger partial charge is 0.356 e. The molecule has 1 fully saturated rings. The van der Waals surface area contributed by atoms with Crippen LogP contribution in [0.1, 0.15) is 50.5 Å². The van der Waals surface area contributed by atoms with Crippen LogP contribution in [0, 0.1) is 22.7 Å². The van der Waals surface area contributed by atoms with Gasteiger partial charge >= 0.3 is 0 Å². The number of rotatable bonds is 7. The normalized spacial score (nSPS) is 17.8. The van der Waals surface area contributed by atoms with E-state index in [0.29, 0.717) is 40.3 Å². The van der Waals surface area contributed by atoms with Crippen molar-refractivity contribution in [1.82, 2.24) is 20.9 Å². The minimum Gasteiger partial charge on any atom is -0.356 e. The number of hydrogen-bond acceptors (Lipinski definition) is 4. The first-order chi connectivity index (χ1) is 15.5. The molecule has 0 bridgehead atoms. The number of H-pyrrole nitrogens is 1. The molecule has 0 saturated carbocycles. The Morgan fingerprint density at radius 1 is 1.24 bits per heavy atom. The van der Waals surface area contributed by atoms with Crippen molar-refractivity contribution in [3.63, 3.8) is 0 Å². The quantitative estimate of drug-likeness (QED) is 0.472. The molecule has 0 radical (unpaired) electrons. The molecular weight excluding hydrogens is 465 g/mol. The number of halogens is 2. The Morgan fingerprint density at radius 3 is 2.58 bits per heavy atom. The number of amides is 3. The van der Waals surface area contributed by atoms with Gasteiger partial charge in [0.05, 0.1) is 11.1 Å². The van der Waals surface area contributed by atoms with Gasteiger partial charge in [0.15, 0.2) is 0 Å². The van der Waals surface area contributed by atoms with Crippen LogP contribution in [0.4, 0.5) is 0 Å². The minimum absolute atomic E-state index is 0.110.